The summed E-state index contributed by atoms with van der Waals surface area (Å²) in [6.45, 7) is 2.07. The number of aliphatic imine (C=N–C) groups is 1. The predicted octanol–water partition coefficient (Wildman–Crippen LogP) is 1.69. The number of rotatable bonds is 7. The Labute approximate surface area is 165 Å². The van der Waals surface area contributed by atoms with E-state index in [1.807, 2.05) is 30.3 Å². The standard InChI is InChI=1S/C18H19N5O4S/c1-11-13(16(25)23(2)17(26)20-11)8-15-21-22-18(27-15)28-10-14(24)19-9-12-6-4-3-5-7-12/h3-7,13H,8-10H2,1-2H3,(H,19,24). The molecule has 0 spiro atoms. The molecule has 0 radical (unpaired) electrons. The lowest BCUT2D eigenvalue weighted by atomic mass is 9.97. The summed E-state index contributed by atoms with van der Waals surface area (Å²) in [4.78, 5) is 40.5. The Hall–Kier alpha value is -3.01. The van der Waals surface area contributed by atoms with E-state index in [1.165, 1.54) is 7.05 Å². The molecule has 146 valence electrons. The first-order valence-corrected chi connectivity index (χ1v) is 9.55. The number of hydrogen-bond donors (Lipinski definition) is 1. The molecular weight excluding hydrogens is 382 g/mol. The number of benzene rings is 1. The summed E-state index contributed by atoms with van der Waals surface area (Å²) >= 11 is 1.12. The van der Waals surface area contributed by atoms with Crippen LogP contribution in [0.2, 0.25) is 0 Å². The summed E-state index contributed by atoms with van der Waals surface area (Å²) in [5.41, 5.74) is 1.43. The molecule has 3 rings (SSSR count). The molecular formula is C18H19N5O4S. The van der Waals surface area contributed by atoms with E-state index >= 15 is 0 Å². The lowest BCUT2D eigenvalue weighted by Gasteiger charge is -2.24. The molecule has 0 bridgehead atoms. The van der Waals surface area contributed by atoms with Crippen LogP contribution in [-0.2, 0) is 22.6 Å². The average Bonchev–Trinajstić information content (AvgIpc) is 3.15. The van der Waals surface area contributed by atoms with Crippen molar-refractivity contribution in [2.24, 2.45) is 10.9 Å². The van der Waals surface area contributed by atoms with Gasteiger partial charge in [-0.15, -0.1) is 10.2 Å². The van der Waals surface area contributed by atoms with Crippen LogP contribution in [0, 0.1) is 5.92 Å². The van der Waals surface area contributed by atoms with Gasteiger partial charge >= 0.3 is 6.03 Å². The molecule has 2 aromatic rings. The number of hydrogen-bond acceptors (Lipinski definition) is 7. The van der Waals surface area contributed by atoms with Crippen molar-refractivity contribution in [2.75, 3.05) is 12.8 Å². The van der Waals surface area contributed by atoms with E-state index < -0.39 is 11.9 Å². The van der Waals surface area contributed by atoms with Crippen LogP contribution in [0.25, 0.3) is 0 Å². The molecule has 0 saturated carbocycles. The molecule has 1 aromatic heterocycles. The van der Waals surface area contributed by atoms with Crippen molar-refractivity contribution in [1.82, 2.24) is 20.4 Å². The van der Waals surface area contributed by atoms with Gasteiger partial charge in [0.1, 0.15) is 0 Å². The summed E-state index contributed by atoms with van der Waals surface area (Å²) in [7, 11) is 1.39. The highest BCUT2D eigenvalue weighted by molar-refractivity contribution is 7.99. The Kier molecular flexibility index (Phi) is 6.19. The molecule has 1 aliphatic heterocycles. The number of nitrogens with zero attached hydrogens (tertiary/aromatic N) is 4. The van der Waals surface area contributed by atoms with Crippen LogP contribution >= 0.6 is 11.8 Å². The molecule has 2 heterocycles. The first kappa shape index (κ1) is 19.7. The SMILES string of the molecule is CC1=NC(=O)N(C)C(=O)C1Cc1nnc(SCC(=O)NCc2ccccc2)o1. The summed E-state index contributed by atoms with van der Waals surface area (Å²) in [5, 5.41) is 10.9. The third-order valence-electron chi connectivity index (χ3n) is 4.18. The minimum atomic E-state index is -0.616. The van der Waals surface area contributed by atoms with Gasteiger partial charge in [0.2, 0.25) is 17.7 Å². The zero-order valence-corrected chi connectivity index (χ0v) is 16.2. The van der Waals surface area contributed by atoms with Gasteiger partial charge in [-0.25, -0.2) is 9.79 Å². The normalized spacial score (nSPS) is 16.9. The fraction of sp³-hybridized carbons (Fsp3) is 0.333. The number of amides is 4. The first-order chi connectivity index (χ1) is 13.4. The highest BCUT2D eigenvalue weighted by Gasteiger charge is 2.34. The van der Waals surface area contributed by atoms with Crippen LogP contribution in [0.4, 0.5) is 4.79 Å². The number of carbonyl (C=O) groups excluding carboxylic acids is 3. The van der Waals surface area contributed by atoms with Crippen molar-refractivity contribution < 1.29 is 18.8 Å². The third kappa shape index (κ3) is 4.83. The molecule has 1 aromatic carbocycles. The minimum Gasteiger partial charge on any atom is -0.416 e. The van der Waals surface area contributed by atoms with E-state index in [0.29, 0.717) is 12.3 Å². The van der Waals surface area contributed by atoms with Crippen molar-refractivity contribution in [3.05, 3.63) is 41.8 Å². The zero-order valence-electron chi connectivity index (χ0n) is 15.4. The molecule has 1 N–H and O–H groups in total. The monoisotopic (exact) mass is 401 g/mol. The average molecular weight is 401 g/mol. The number of imide groups is 1. The Balaban J connectivity index is 1.50. The topological polar surface area (TPSA) is 118 Å². The highest BCUT2D eigenvalue weighted by Crippen LogP contribution is 2.21. The third-order valence-corrected chi connectivity index (χ3v) is 5.00. The summed E-state index contributed by atoms with van der Waals surface area (Å²) < 4.78 is 5.51. The quantitative estimate of drug-likeness (QED) is 0.702. The minimum absolute atomic E-state index is 0.133. The van der Waals surface area contributed by atoms with Gasteiger partial charge < -0.3 is 9.73 Å². The van der Waals surface area contributed by atoms with Gasteiger partial charge in [-0.3, -0.25) is 14.5 Å². The van der Waals surface area contributed by atoms with Crippen molar-refractivity contribution in [3.8, 4) is 0 Å². The van der Waals surface area contributed by atoms with Crippen LogP contribution in [0.1, 0.15) is 18.4 Å². The van der Waals surface area contributed by atoms with Gasteiger partial charge in [0, 0.05) is 25.7 Å². The van der Waals surface area contributed by atoms with Gasteiger partial charge in [0.15, 0.2) is 0 Å². The van der Waals surface area contributed by atoms with Crippen molar-refractivity contribution in [3.63, 3.8) is 0 Å². The largest absolute Gasteiger partial charge is 0.416 e. The predicted molar refractivity (Wildman–Crippen MR) is 102 cm³/mol. The Morgan fingerprint density at radius 3 is 2.75 bits per heavy atom. The molecule has 28 heavy (non-hydrogen) atoms. The molecule has 10 heteroatoms. The summed E-state index contributed by atoms with van der Waals surface area (Å²) in [6.07, 6.45) is 0.152. The van der Waals surface area contributed by atoms with Crippen LogP contribution in [0.15, 0.2) is 45.0 Å². The maximum absolute atomic E-state index is 12.2. The van der Waals surface area contributed by atoms with Gasteiger partial charge in [0.05, 0.1) is 11.7 Å². The van der Waals surface area contributed by atoms with Gasteiger partial charge in [-0.1, -0.05) is 42.1 Å². The maximum Gasteiger partial charge on any atom is 0.349 e. The van der Waals surface area contributed by atoms with Crippen molar-refractivity contribution >= 4 is 35.3 Å². The molecule has 4 amide bonds. The smallest absolute Gasteiger partial charge is 0.349 e. The second-order valence-corrected chi connectivity index (χ2v) is 7.13. The number of nitrogens with one attached hydrogen (secondary N) is 1. The van der Waals surface area contributed by atoms with E-state index in [2.05, 4.69) is 20.5 Å². The summed E-state index contributed by atoms with van der Waals surface area (Å²) in [6, 6.07) is 9.02. The van der Waals surface area contributed by atoms with E-state index in [-0.39, 0.29) is 35.1 Å². The van der Waals surface area contributed by atoms with Crippen LogP contribution in [0.3, 0.4) is 0 Å². The van der Waals surface area contributed by atoms with Gasteiger partial charge in [-0.2, -0.15) is 0 Å². The van der Waals surface area contributed by atoms with Crippen LogP contribution in [0.5, 0.6) is 0 Å². The van der Waals surface area contributed by atoms with E-state index in [4.69, 9.17) is 4.42 Å². The number of thioether (sulfide) groups is 1. The van der Waals surface area contributed by atoms with Crippen molar-refractivity contribution in [2.45, 2.75) is 25.1 Å². The second-order valence-electron chi connectivity index (χ2n) is 6.20. The molecule has 9 nitrogen and oxygen atoms in total. The first-order valence-electron chi connectivity index (χ1n) is 8.56. The fourth-order valence-electron chi connectivity index (χ4n) is 2.57. The molecule has 0 fully saturated rings. The lowest BCUT2D eigenvalue weighted by molar-refractivity contribution is -0.129. The molecule has 1 atom stereocenters. The number of urea groups is 1. The maximum atomic E-state index is 12.2. The highest BCUT2D eigenvalue weighted by atomic mass is 32.2. The Morgan fingerprint density at radius 2 is 2.00 bits per heavy atom. The number of carbonyl (C=O) groups is 3. The van der Waals surface area contributed by atoms with Crippen LogP contribution in [-0.4, -0.2) is 51.5 Å². The van der Waals surface area contributed by atoms with E-state index in [0.717, 1.165) is 22.2 Å². The molecule has 0 saturated heterocycles. The molecule has 1 aliphatic rings. The molecule has 0 aliphatic carbocycles. The molecule has 1 unspecified atom stereocenters. The van der Waals surface area contributed by atoms with Crippen molar-refractivity contribution in [1.29, 1.82) is 0 Å². The van der Waals surface area contributed by atoms with Gasteiger partial charge in [-0.05, 0) is 12.5 Å². The summed E-state index contributed by atoms with van der Waals surface area (Å²) in [5.74, 6) is -0.739. The Morgan fingerprint density at radius 1 is 1.25 bits per heavy atom. The van der Waals surface area contributed by atoms with E-state index in [1.54, 1.807) is 6.92 Å². The van der Waals surface area contributed by atoms with Crippen LogP contribution < -0.4 is 5.32 Å². The zero-order chi connectivity index (χ0) is 20.1. The second kappa shape index (κ2) is 8.79. The number of aromatic nitrogens is 2. The fourth-order valence-corrected chi connectivity index (χ4v) is 3.18. The Bertz CT molecular complexity index is 912. The van der Waals surface area contributed by atoms with Gasteiger partial charge in [0.25, 0.3) is 5.22 Å². The van der Waals surface area contributed by atoms with E-state index in [9.17, 15) is 14.4 Å². The lowest BCUT2D eigenvalue weighted by Crippen LogP contribution is -2.44.